The van der Waals surface area contributed by atoms with Crippen molar-refractivity contribution in [2.45, 2.75) is 56.9 Å². The predicted octanol–water partition coefficient (Wildman–Crippen LogP) is 2.16. The number of anilines is 1. The lowest BCUT2D eigenvalue weighted by Crippen LogP contribution is -2.47. The van der Waals surface area contributed by atoms with Gasteiger partial charge in [0.25, 0.3) is 17.7 Å². The molecule has 2 aliphatic heterocycles. The fourth-order valence-corrected chi connectivity index (χ4v) is 4.08. The zero-order valence-corrected chi connectivity index (χ0v) is 16.6. The fourth-order valence-electron chi connectivity index (χ4n) is 4.08. The van der Waals surface area contributed by atoms with Gasteiger partial charge >= 0.3 is 0 Å². The maximum atomic E-state index is 13.4. The Labute approximate surface area is 171 Å². The van der Waals surface area contributed by atoms with Gasteiger partial charge in [-0.1, -0.05) is 0 Å². The number of nitrogens with zero attached hydrogens (tertiary/aromatic N) is 4. The Hall–Kier alpha value is -2.88. The molecule has 3 unspecified atom stereocenters. The van der Waals surface area contributed by atoms with Crippen LogP contribution in [0.3, 0.4) is 0 Å². The van der Waals surface area contributed by atoms with Crippen LogP contribution in [-0.4, -0.2) is 45.6 Å². The Balaban J connectivity index is 1.32. The highest BCUT2D eigenvalue weighted by atomic mass is 19.3. The molecular weight excluding hydrogens is 396 g/mol. The normalized spacial score (nSPS) is 26.7. The van der Waals surface area contributed by atoms with E-state index >= 15 is 0 Å². The van der Waals surface area contributed by atoms with Crippen molar-refractivity contribution < 1.29 is 23.1 Å². The van der Waals surface area contributed by atoms with E-state index < -0.39 is 23.8 Å². The topological polar surface area (TPSA) is 89.3 Å². The maximum Gasteiger partial charge on any atom is 0.270 e. The smallest absolute Gasteiger partial charge is 0.270 e. The zero-order chi connectivity index (χ0) is 21.2. The van der Waals surface area contributed by atoms with Crippen LogP contribution in [0.15, 0.2) is 18.3 Å². The van der Waals surface area contributed by atoms with Crippen molar-refractivity contribution in [3.8, 4) is 0 Å². The van der Waals surface area contributed by atoms with Gasteiger partial charge in [0.1, 0.15) is 17.6 Å². The number of amides is 2. The van der Waals surface area contributed by atoms with Crippen molar-refractivity contribution in [1.29, 1.82) is 0 Å². The minimum Gasteiger partial charge on any atom is -0.369 e. The summed E-state index contributed by atoms with van der Waals surface area (Å²) in [6, 6.07) is 2.47. The second-order valence-electron chi connectivity index (χ2n) is 8.10. The Morgan fingerprint density at radius 3 is 2.87 bits per heavy atom. The van der Waals surface area contributed by atoms with E-state index in [1.54, 1.807) is 24.0 Å². The lowest BCUT2D eigenvalue weighted by Gasteiger charge is -2.20. The van der Waals surface area contributed by atoms with Crippen LogP contribution in [0.4, 0.5) is 14.6 Å². The highest BCUT2D eigenvalue weighted by Crippen LogP contribution is 2.55. The number of fused-ring (bicyclic) bond motifs is 2. The molecule has 10 heteroatoms. The van der Waals surface area contributed by atoms with Crippen LogP contribution in [0, 0.1) is 0 Å². The standard InChI is InChI=1S/C20H21F2N5O3/c1-10-12-5-16(23-8-11(12)9-30-10)18(28)24-14-3-4-27-17(26(2)19(14)29)6-15(25-27)13-7-20(13,21)22/h5-6,8,10,13-14H,3-4,7,9H2,1-2H3,(H,24,28). The summed E-state index contributed by atoms with van der Waals surface area (Å²) in [7, 11) is 1.56. The molecule has 0 radical (unpaired) electrons. The number of pyridine rings is 1. The number of carbonyl (C=O) groups excluding carboxylic acids is 2. The van der Waals surface area contributed by atoms with Gasteiger partial charge < -0.3 is 10.1 Å². The average molecular weight is 417 g/mol. The molecule has 2 aromatic rings. The largest absolute Gasteiger partial charge is 0.369 e. The van der Waals surface area contributed by atoms with Crippen molar-refractivity contribution in [2.24, 2.45) is 0 Å². The van der Waals surface area contributed by atoms with Crippen molar-refractivity contribution in [2.75, 3.05) is 11.9 Å². The third-order valence-electron chi connectivity index (χ3n) is 6.05. The van der Waals surface area contributed by atoms with Crippen LogP contribution >= 0.6 is 0 Å². The lowest BCUT2D eigenvalue weighted by atomic mass is 10.1. The van der Waals surface area contributed by atoms with Crippen LogP contribution in [0.25, 0.3) is 0 Å². The summed E-state index contributed by atoms with van der Waals surface area (Å²) in [5, 5.41) is 7.03. The molecule has 2 aromatic heterocycles. The highest BCUT2D eigenvalue weighted by Gasteiger charge is 2.59. The first kappa shape index (κ1) is 19.1. The van der Waals surface area contributed by atoms with E-state index in [9.17, 15) is 18.4 Å². The number of carbonyl (C=O) groups is 2. The number of rotatable bonds is 3. The molecular formula is C20H21F2N5O3. The molecule has 0 bridgehead atoms. The molecule has 8 nitrogen and oxygen atoms in total. The van der Waals surface area contributed by atoms with E-state index in [4.69, 9.17) is 4.74 Å². The molecule has 0 spiro atoms. The highest BCUT2D eigenvalue weighted by molar-refractivity contribution is 6.01. The third kappa shape index (κ3) is 3.06. The number of alkyl halides is 2. The van der Waals surface area contributed by atoms with Gasteiger partial charge in [0.15, 0.2) is 0 Å². The first-order chi connectivity index (χ1) is 14.2. The molecule has 4 heterocycles. The Morgan fingerprint density at radius 1 is 1.37 bits per heavy atom. The molecule has 158 valence electrons. The van der Waals surface area contributed by atoms with Gasteiger partial charge in [0.05, 0.1) is 24.3 Å². The molecule has 3 atom stereocenters. The second kappa shape index (κ2) is 6.56. The van der Waals surface area contributed by atoms with Crippen LogP contribution in [0.2, 0.25) is 0 Å². The second-order valence-corrected chi connectivity index (χ2v) is 8.10. The van der Waals surface area contributed by atoms with Gasteiger partial charge in [-0.3, -0.25) is 19.5 Å². The summed E-state index contributed by atoms with van der Waals surface area (Å²) in [6.45, 7) is 2.71. The van der Waals surface area contributed by atoms with Gasteiger partial charge in [-0.05, 0) is 25.0 Å². The summed E-state index contributed by atoms with van der Waals surface area (Å²) in [5.41, 5.74) is 2.40. The third-order valence-corrected chi connectivity index (χ3v) is 6.05. The first-order valence-electron chi connectivity index (χ1n) is 9.89. The number of hydrogen-bond donors (Lipinski definition) is 1. The van der Waals surface area contributed by atoms with Crippen molar-refractivity contribution in [3.05, 3.63) is 40.8 Å². The van der Waals surface area contributed by atoms with Crippen LogP contribution in [0.1, 0.15) is 59.1 Å². The average Bonchev–Trinajstić information content (AvgIpc) is 3.04. The summed E-state index contributed by atoms with van der Waals surface area (Å²) < 4.78 is 33.9. The number of aromatic nitrogens is 3. The quantitative estimate of drug-likeness (QED) is 0.827. The van der Waals surface area contributed by atoms with Crippen molar-refractivity contribution >= 4 is 17.6 Å². The van der Waals surface area contributed by atoms with Gasteiger partial charge in [-0.25, -0.2) is 13.5 Å². The summed E-state index contributed by atoms with van der Waals surface area (Å²) in [4.78, 5) is 31.2. The molecule has 1 aliphatic carbocycles. The number of aryl methyl sites for hydroxylation is 1. The Kier molecular flexibility index (Phi) is 4.18. The molecule has 2 amide bonds. The van der Waals surface area contributed by atoms with E-state index in [1.807, 2.05) is 6.92 Å². The van der Waals surface area contributed by atoms with E-state index in [2.05, 4.69) is 15.4 Å². The van der Waals surface area contributed by atoms with Gasteiger partial charge in [-0.15, -0.1) is 0 Å². The fraction of sp³-hybridized carbons (Fsp3) is 0.500. The molecule has 1 N–H and O–H groups in total. The minimum absolute atomic E-state index is 0.106. The van der Waals surface area contributed by atoms with Gasteiger partial charge in [0.2, 0.25) is 0 Å². The van der Waals surface area contributed by atoms with E-state index in [0.717, 1.165) is 11.1 Å². The number of ether oxygens (including phenoxy) is 1. The zero-order valence-electron chi connectivity index (χ0n) is 16.6. The van der Waals surface area contributed by atoms with Crippen LogP contribution < -0.4 is 10.2 Å². The first-order valence-corrected chi connectivity index (χ1v) is 9.89. The van der Waals surface area contributed by atoms with Gasteiger partial charge in [0, 0.05) is 37.8 Å². The Morgan fingerprint density at radius 2 is 2.13 bits per heavy atom. The number of hydrogen-bond acceptors (Lipinski definition) is 5. The van der Waals surface area contributed by atoms with Crippen LogP contribution in [0.5, 0.6) is 0 Å². The number of nitrogens with one attached hydrogen (secondary N) is 1. The van der Waals surface area contributed by atoms with Crippen molar-refractivity contribution in [1.82, 2.24) is 20.1 Å². The van der Waals surface area contributed by atoms with E-state index in [0.29, 0.717) is 31.1 Å². The maximum absolute atomic E-state index is 13.4. The van der Waals surface area contributed by atoms with E-state index in [-0.39, 0.29) is 24.1 Å². The number of halogens is 2. The summed E-state index contributed by atoms with van der Waals surface area (Å²) in [6.07, 6.45) is 1.61. The summed E-state index contributed by atoms with van der Waals surface area (Å²) >= 11 is 0. The molecule has 0 saturated heterocycles. The minimum atomic E-state index is -2.72. The van der Waals surface area contributed by atoms with E-state index in [1.165, 1.54) is 11.0 Å². The number of likely N-dealkylation sites (N-methyl/N-ethyl adjacent to an activating group) is 1. The SMILES string of the molecule is CC1OCc2cnc(C(=O)NC3CCn4nc(C5CC5(F)F)cc4N(C)C3=O)cc21. The van der Waals surface area contributed by atoms with Crippen molar-refractivity contribution in [3.63, 3.8) is 0 Å². The molecule has 1 fully saturated rings. The monoisotopic (exact) mass is 417 g/mol. The molecule has 30 heavy (non-hydrogen) atoms. The molecule has 0 aromatic carbocycles. The summed E-state index contributed by atoms with van der Waals surface area (Å²) in [5.74, 6) is -3.91. The van der Waals surface area contributed by atoms with Crippen LogP contribution in [-0.2, 0) is 22.7 Å². The molecule has 5 rings (SSSR count). The predicted molar refractivity (Wildman–Crippen MR) is 101 cm³/mol. The van der Waals surface area contributed by atoms with Gasteiger partial charge in [-0.2, -0.15) is 5.10 Å². The Bertz CT molecular complexity index is 1050. The lowest BCUT2D eigenvalue weighted by molar-refractivity contribution is -0.120. The molecule has 3 aliphatic rings. The molecule has 1 saturated carbocycles.